The molecule has 2 aromatic rings. The monoisotopic (exact) mass is 438 g/mol. The summed E-state index contributed by atoms with van der Waals surface area (Å²) >= 11 is 0. The molecule has 0 spiro atoms. The summed E-state index contributed by atoms with van der Waals surface area (Å²) < 4.78 is 22.0. The van der Waals surface area contributed by atoms with Crippen molar-refractivity contribution < 1.29 is 23.7 Å². The first-order chi connectivity index (χ1) is 15.7. The molecular formula is C25H30N2O5. The van der Waals surface area contributed by atoms with Gasteiger partial charge in [-0.15, -0.1) is 0 Å². The molecule has 2 aromatic carbocycles. The van der Waals surface area contributed by atoms with Gasteiger partial charge in [0.25, 0.3) is 0 Å². The van der Waals surface area contributed by atoms with Gasteiger partial charge in [-0.2, -0.15) is 0 Å². The van der Waals surface area contributed by atoms with Gasteiger partial charge >= 0.3 is 0 Å². The Bertz CT molecular complexity index is 940. The fourth-order valence-electron chi connectivity index (χ4n) is 3.80. The second kappa shape index (κ2) is 11.0. The normalized spacial score (nSPS) is 15.9. The Hall–Kier alpha value is -3.03. The first-order valence-corrected chi connectivity index (χ1v) is 11.0. The molecule has 0 bridgehead atoms. The molecule has 7 heteroatoms. The molecule has 2 aliphatic rings. The van der Waals surface area contributed by atoms with E-state index in [4.69, 9.17) is 18.9 Å². The molecule has 2 heterocycles. The van der Waals surface area contributed by atoms with Gasteiger partial charge < -0.3 is 24.3 Å². The number of rotatable bonds is 9. The third-order valence-corrected chi connectivity index (χ3v) is 5.72. The lowest BCUT2D eigenvalue weighted by atomic mass is 10.1. The van der Waals surface area contributed by atoms with Crippen molar-refractivity contribution >= 4 is 12.0 Å². The van der Waals surface area contributed by atoms with Crippen molar-refractivity contribution in [2.75, 3.05) is 40.2 Å². The second-order valence-electron chi connectivity index (χ2n) is 7.98. The van der Waals surface area contributed by atoms with E-state index in [0.29, 0.717) is 24.9 Å². The Morgan fingerprint density at radius 1 is 1.16 bits per heavy atom. The Balaban J connectivity index is 1.20. The molecule has 0 aliphatic carbocycles. The minimum absolute atomic E-state index is 0.160. The highest BCUT2D eigenvalue weighted by Gasteiger charge is 2.18. The molecule has 32 heavy (non-hydrogen) atoms. The number of benzene rings is 2. The number of amides is 1. The van der Waals surface area contributed by atoms with Crippen LogP contribution in [-0.2, 0) is 16.1 Å². The van der Waals surface area contributed by atoms with Crippen LogP contribution in [0.4, 0.5) is 0 Å². The van der Waals surface area contributed by atoms with Gasteiger partial charge in [-0.25, -0.2) is 0 Å². The van der Waals surface area contributed by atoms with E-state index in [2.05, 4.69) is 17.3 Å². The number of fused-ring (bicyclic) bond motifs is 1. The zero-order valence-corrected chi connectivity index (χ0v) is 18.4. The van der Waals surface area contributed by atoms with E-state index in [1.165, 1.54) is 6.08 Å². The average molecular weight is 439 g/mol. The summed E-state index contributed by atoms with van der Waals surface area (Å²) in [6.45, 7) is 3.85. The van der Waals surface area contributed by atoms with Crippen molar-refractivity contribution in [1.29, 1.82) is 0 Å². The number of ether oxygens (including phenoxy) is 4. The summed E-state index contributed by atoms with van der Waals surface area (Å²) in [5, 5.41) is 2.91. The van der Waals surface area contributed by atoms with Crippen LogP contribution in [-0.4, -0.2) is 57.1 Å². The third kappa shape index (κ3) is 6.24. The van der Waals surface area contributed by atoms with Crippen LogP contribution < -0.4 is 19.5 Å². The topological polar surface area (TPSA) is 69.3 Å². The lowest BCUT2D eigenvalue weighted by Crippen LogP contribution is -2.38. The van der Waals surface area contributed by atoms with Crippen molar-refractivity contribution in [3.63, 3.8) is 0 Å². The molecule has 0 unspecified atom stereocenters. The maximum Gasteiger partial charge on any atom is 0.244 e. The number of nitrogens with one attached hydrogen (secondary N) is 1. The lowest BCUT2D eigenvalue weighted by Gasteiger charge is -2.31. The van der Waals surface area contributed by atoms with Crippen molar-refractivity contribution in [2.24, 2.45) is 0 Å². The van der Waals surface area contributed by atoms with Crippen LogP contribution >= 0.6 is 0 Å². The molecule has 1 amide bonds. The molecular weight excluding hydrogens is 408 g/mol. The van der Waals surface area contributed by atoms with Gasteiger partial charge in [-0.05, 0) is 61.4 Å². The highest BCUT2D eigenvalue weighted by molar-refractivity contribution is 5.91. The Morgan fingerprint density at radius 2 is 2.00 bits per heavy atom. The van der Waals surface area contributed by atoms with Gasteiger partial charge in [0.05, 0.1) is 0 Å². The van der Waals surface area contributed by atoms with Crippen molar-refractivity contribution in [1.82, 2.24) is 10.2 Å². The summed E-state index contributed by atoms with van der Waals surface area (Å²) in [7, 11) is 2.14. The van der Waals surface area contributed by atoms with Crippen molar-refractivity contribution in [3.8, 4) is 17.2 Å². The molecule has 1 fully saturated rings. The van der Waals surface area contributed by atoms with Crippen LogP contribution in [0.25, 0.3) is 6.08 Å². The standard InChI is InChI=1S/C25H30N2O5/c1-27(21-9-12-29-13-10-21)11-14-30-22-4-2-3-20(15-22)17-26-25(28)8-6-19-5-7-23-24(16-19)32-18-31-23/h2-8,15-16,21H,9-14,17-18H2,1H3,(H,26,28)/b8-6+. The zero-order chi connectivity index (χ0) is 22.2. The maximum absolute atomic E-state index is 12.2. The lowest BCUT2D eigenvalue weighted by molar-refractivity contribution is -0.116. The zero-order valence-electron chi connectivity index (χ0n) is 18.4. The molecule has 170 valence electrons. The Morgan fingerprint density at radius 3 is 2.88 bits per heavy atom. The first-order valence-electron chi connectivity index (χ1n) is 11.0. The minimum Gasteiger partial charge on any atom is -0.492 e. The maximum atomic E-state index is 12.2. The van der Waals surface area contributed by atoms with E-state index < -0.39 is 0 Å². The number of nitrogens with zero attached hydrogens (tertiary/aromatic N) is 1. The van der Waals surface area contributed by atoms with Crippen LogP contribution in [0.1, 0.15) is 24.0 Å². The second-order valence-corrected chi connectivity index (χ2v) is 7.98. The first kappa shape index (κ1) is 22.2. The number of hydrogen-bond donors (Lipinski definition) is 1. The van der Waals surface area contributed by atoms with Gasteiger partial charge in [-0.3, -0.25) is 9.69 Å². The summed E-state index contributed by atoms with van der Waals surface area (Å²) in [6, 6.07) is 14.0. The van der Waals surface area contributed by atoms with Crippen LogP contribution in [0.3, 0.4) is 0 Å². The Kier molecular flexibility index (Phi) is 7.64. The Labute approximate surface area is 188 Å². The van der Waals surface area contributed by atoms with Crippen molar-refractivity contribution in [2.45, 2.75) is 25.4 Å². The fraction of sp³-hybridized carbons (Fsp3) is 0.400. The summed E-state index contributed by atoms with van der Waals surface area (Å²) in [6.07, 6.45) is 5.43. The van der Waals surface area contributed by atoms with Gasteiger partial charge in [-0.1, -0.05) is 18.2 Å². The molecule has 2 aliphatic heterocycles. The average Bonchev–Trinajstić information content (AvgIpc) is 3.30. The highest BCUT2D eigenvalue weighted by Crippen LogP contribution is 2.32. The van der Waals surface area contributed by atoms with E-state index in [1.54, 1.807) is 6.08 Å². The molecule has 4 rings (SSSR count). The molecule has 0 radical (unpaired) electrons. The van der Waals surface area contributed by atoms with Crippen LogP contribution in [0, 0.1) is 0 Å². The van der Waals surface area contributed by atoms with E-state index >= 15 is 0 Å². The van der Waals surface area contributed by atoms with E-state index in [-0.39, 0.29) is 12.7 Å². The summed E-state index contributed by atoms with van der Waals surface area (Å²) in [5.74, 6) is 2.08. The highest BCUT2D eigenvalue weighted by atomic mass is 16.7. The third-order valence-electron chi connectivity index (χ3n) is 5.72. The molecule has 1 N–H and O–H groups in total. The fourth-order valence-corrected chi connectivity index (χ4v) is 3.80. The van der Waals surface area contributed by atoms with Gasteiger partial charge in [0, 0.05) is 38.4 Å². The molecule has 0 aromatic heterocycles. The SMILES string of the molecule is CN(CCOc1cccc(CNC(=O)/C=C/c2ccc3c(c2)OCO3)c1)C1CCOCC1. The van der Waals surface area contributed by atoms with Gasteiger partial charge in [0.15, 0.2) is 11.5 Å². The largest absolute Gasteiger partial charge is 0.492 e. The smallest absolute Gasteiger partial charge is 0.244 e. The number of likely N-dealkylation sites (N-methyl/N-ethyl adjacent to an activating group) is 1. The van der Waals surface area contributed by atoms with E-state index in [1.807, 2.05) is 42.5 Å². The summed E-state index contributed by atoms with van der Waals surface area (Å²) in [5.41, 5.74) is 1.87. The minimum atomic E-state index is -0.160. The van der Waals surface area contributed by atoms with Crippen LogP contribution in [0.5, 0.6) is 17.2 Å². The predicted molar refractivity (Wildman–Crippen MR) is 122 cm³/mol. The van der Waals surface area contributed by atoms with E-state index in [9.17, 15) is 4.79 Å². The molecule has 1 saturated heterocycles. The predicted octanol–water partition coefficient (Wildman–Crippen LogP) is 3.23. The quantitative estimate of drug-likeness (QED) is 0.607. The molecule has 0 saturated carbocycles. The van der Waals surface area contributed by atoms with Crippen LogP contribution in [0.2, 0.25) is 0 Å². The van der Waals surface area contributed by atoms with E-state index in [0.717, 1.165) is 55.2 Å². The molecule has 7 nitrogen and oxygen atoms in total. The van der Waals surface area contributed by atoms with Gasteiger partial charge in [0.1, 0.15) is 12.4 Å². The molecule has 0 atom stereocenters. The number of carbonyl (C=O) groups excluding carboxylic acids is 1. The number of carbonyl (C=O) groups is 1. The van der Waals surface area contributed by atoms with Crippen molar-refractivity contribution in [3.05, 3.63) is 59.7 Å². The summed E-state index contributed by atoms with van der Waals surface area (Å²) in [4.78, 5) is 14.6. The number of hydrogen-bond acceptors (Lipinski definition) is 6. The van der Waals surface area contributed by atoms with Gasteiger partial charge in [0.2, 0.25) is 12.7 Å². The van der Waals surface area contributed by atoms with Crippen LogP contribution in [0.15, 0.2) is 48.5 Å².